The highest BCUT2D eigenvalue weighted by Crippen LogP contribution is 2.26. The monoisotopic (exact) mass is 148 g/mol. The molecule has 0 bridgehead atoms. The van der Waals surface area contributed by atoms with Gasteiger partial charge in [0.2, 0.25) is 0 Å². The van der Waals surface area contributed by atoms with Crippen LogP contribution in [-0.4, -0.2) is 0 Å². The molecule has 0 amide bonds. The zero-order valence-corrected chi connectivity index (χ0v) is 7.43. The average Bonchev–Trinajstić information content (AvgIpc) is 2.05. The molecule has 0 aromatic heterocycles. The highest BCUT2D eigenvalue weighted by atomic mass is 14.2. The Morgan fingerprint density at radius 1 is 1.73 bits per heavy atom. The standard InChI is InChI=1S/C11H16/c1-4-10-7-6-8-11(5-2)9(10)3/h4,6-7,10H,1,5,8H2,2-3H3. The van der Waals surface area contributed by atoms with Crippen LogP contribution in [0.1, 0.15) is 26.7 Å². The molecule has 0 aromatic rings. The molecule has 0 nitrogen and oxygen atoms in total. The minimum atomic E-state index is 0.499. The van der Waals surface area contributed by atoms with Crippen molar-refractivity contribution >= 4 is 0 Å². The Morgan fingerprint density at radius 2 is 2.45 bits per heavy atom. The van der Waals surface area contributed by atoms with E-state index >= 15 is 0 Å². The fourth-order valence-electron chi connectivity index (χ4n) is 1.58. The largest absolute Gasteiger partial charge is 0.102 e. The molecule has 0 aliphatic heterocycles. The van der Waals surface area contributed by atoms with Crippen LogP contribution in [0.5, 0.6) is 0 Å². The van der Waals surface area contributed by atoms with E-state index in [9.17, 15) is 0 Å². The maximum absolute atomic E-state index is 3.82. The molecule has 0 aromatic carbocycles. The van der Waals surface area contributed by atoms with Crippen LogP contribution in [-0.2, 0) is 0 Å². The quantitative estimate of drug-likeness (QED) is 0.526. The summed E-state index contributed by atoms with van der Waals surface area (Å²) in [5.41, 5.74) is 3.09. The van der Waals surface area contributed by atoms with E-state index < -0.39 is 0 Å². The van der Waals surface area contributed by atoms with Gasteiger partial charge in [-0.3, -0.25) is 0 Å². The molecule has 1 unspecified atom stereocenters. The second-order valence-corrected chi connectivity index (χ2v) is 3.03. The number of hydrogen-bond donors (Lipinski definition) is 0. The van der Waals surface area contributed by atoms with Crippen LogP contribution in [0.15, 0.2) is 36.0 Å². The Kier molecular flexibility index (Phi) is 2.70. The lowest BCUT2D eigenvalue weighted by Crippen LogP contribution is -2.02. The fourth-order valence-corrected chi connectivity index (χ4v) is 1.58. The van der Waals surface area contributed by atoms with Crippen molar-refractivity contribution in [1.29, 1.82) is 0 Å². The van der Waals surface area contributed by atoms with Crippen molar-refractivity contribution in [3.05, 3.63) is 36.0 Å². The van der Waals surface area contributed by atoms with Crippen molar-refractivity contribution in [2.24, 2.45) is 5.92 Å². The first kappa shape index (κ1) is 8.32. The molecule has 1 aliphatic carbocycles. The summed E-state index contributed by atoms with van der Waals surface area (Å²) >= 11 is 0. The van der Waals surface area contributed by atoms with Crippen LogP contribution in [0.3, 0.4) is 0 Å². The highest BCUT2D eigenvalue weighted by Gasteiger charge is 2.10. The topological polar surface area (TPSA) is 0 Å². The third-order valence-corrected chi connectivity index (χ3v) is 2.45. The summed E-state index contributed by atoms with van der Waals surface area (Å²) in [5, 5.41) is 0. The van der Waals surface area contributed by atoms with Crippen molar-refractivity contribution in [3.63, 3.8) is 0 Å². The minimum Gasteiger partial charge on any atom is -0.102 e. The maximum Gasteiger partial charge on any atom is 0.0154 e. The van der Waals surface area contributed by atoms with Crippen LogP contribution in [0, 0.1) is 5.92 Å². The Hall–Kier alpha value is -0.780. The molecule has 1 atom stereocenters. The molecule has 0 N–H and O–H groups in total. The van der Waals surface area contributed by atoms with Gasteiger partial charge >= 0.3 is 0 Å². The van der Waals surface area contributed by atoms with Gasteiger partial charge in [0.1, 0.15) is 0 Å². The highest BCUT2D eigenvalue weighted by molar-refractivity contribution is 5.29. The van der Waals surface area contributed by atoms with Crippen LogP contribution >= 0.6 is 0 Å². The molecule has 0 heterocycles. The Bertz CT molecular complexity index is 206. The molecule has 1 aliphatic rings. The van der Waals surface area contributed by atoms with Crippen molar-refractivity contribution in [2.75, 3.05) is 0 Å². The number of rotatable bonds is 2. The van der Waals surface area contributed by atoms with Crippen molar-refractivity contribution in [1.82, 2.24) is 0 Å². The SMILES string of the molecule is C=CC1C=CCC(CC)=C1C. The lowest BCUT2D eigenvalue weighted by Gasteiger charge is -2.18. The van der Waals surface area contributed by atoms with Gasteiger partial charge < -0.3 is 0 Å². The van der Waals surface area contributed by atoms with E-state index in [1.54, 1.807) is 5.57 Å². The summed E-state index contributed by atoms with van der Waals surface area (Å²) in [4.78, 5) is 0. The third kappa shape index (κ3) is 1.62. The number of allylic oxidation sites excluding steroid dienone is 5. The molecule has 0 radical (unpaired) electrons. The first-order valence-electron chi connectivity index (χ1n) is 4.27. The minimum absolute atomic E-state index is 0.499. The molecule has 0 spiro atoms. The first-order valence-corrected chi connectivity index (χ1v) is 4.27. The summed E-state index contributed by atoms with van der Waals surface area (Å²) in [6, 6.07) is 0. The normalized spacial score (nSPS) is 24.0. The summed E-state index contributed by atoms with van der Waals surface area (Å²) in [6.07, 6.45) is 8.83. The molecule has 0 saturated heterocycles. The van der Waals surface area contributed by atoms with Gasteiger partial charge in [-0.15, -0.1) is 6.58 Å². The second kappa shape index (κ2) is 3.56. The lowest BCUT2D eigenvalue weighted by atomic mass is 9.88. The third-order valence-electron chi connectivity index (χ3n) is 2.45. The zero-order chi connectivity index (χ0) is 8.27. The zero-order valence-electron chi connectivity index (χ0n) is 7.43. The lowest BCUT2D eigenvalue weighted by molar-refractivity contribution is 0.852. The van der Waals surface area contributed by atoms with Gasteiger partial charge in [0.15, 0.2) is 0 Å². The second-order valence-electron chi connectivity index (χ2n) is 3.03. The van der Waals surface area contributed by atoms with E-state index in [4.69, 9.17) is 0 Å². The van der Waals surface area contributed by atoms with E-state index in [1.807, 2.05) is 6.08 Å². The summed E-state index contributed by atoms with van der Waals surface area (Å²) in [5.74, 6) is 0.499. The molecule has 11 heavy (non-hydrogen) atoms. The van der Waals surface area contributed by atoms with E-state index in [2.05, 4.69) is 32.6 Å². The molecule has 0 saturated carbocycles. The van der Waals surface area contributed by atoms with Crippen LogP contribution in [0.25, 0.3) is 0 Å². The Labute approximate surface area is 69.3 Å². The van der Waals surface area contributed by atoms with Crippen molar-refractivity contribution in [2.45, 2.75) is 26.7 Å². The maximum atomic E-state index is 3.82. The van der Waals surface area contributed by atoms with E-state index in [0.29, 0.717) is 5.92 Å². The van der Waals surface area contributed by atoms with E-state index in [1.165, 1.54) is 12.0 Å². The van der Waals surface area contributed by atoms with Crippen molar-refractivity contribution < 1.29 is 0 Å². The van der Waals surface area contributed by atoms with Gasteiger partial charge in [0.05, 0.1) is 0 Å². The number of hydrogen-bond acceptors (Lipinski definition) is 0. The molecular weight excluding hydrogens is 132 g/mol. The van der Waals surface area contributed by atoms with Gasteiger partial charge in [-0.25, -0.2) is 0 Å². The molecule has 0 fully saturated rings. The van der Waals surface area contributed by atoms with Crippen LogP contribution in [0.4, 0.5) is 0 Å². The Balaban J connectivity index is 2.84. The van der Waals surface area contributed by atoms with Gasteiger partial charge in [-0.05, 0) is 19.8 Å². The van der Waals surface area contributed by atoms with Gasteiger partial charge in [0, 0.05) is 5.92 Å². The predicted octanol–water partition coefficient (Wildman–Crippen LogP) is 3.48. The van der Waals surface area contributed by atoms with Crippen LogP contribution < -0.4 is 0 Å². The summed E-state index contributed by atoms with van der Waals surface area (Å²) in [7, 11) is 0. The summed E-state index contributed by atoms with van der Waals surface area (Å²) < 4.78 is 0. The fraction of sp³-hybridized carbons (Fsp3) is 0.455. The first-order chi connectivity index (χ1) is 5.29. The molecular formula is C11H16. The molecule has 0 heteroatoms. The van der Waals surface area contributed by atoms with E-state index in [0.717, 1.165) is 6.42 Å². The molecule has 1 rings (SSSR count). The predicted molar refractivity (Wildman–Crippen MR) is 50.4 cm³/mol. The van der Waals surface area contributed by atoms with E-state index in [-0.39, 0.29) is 0 Å². The van der Waals surface area contributed by atoms with Gasteiger partial charge in [0.25, 0.3) is 0 Å². The van der Waals surface area contributed by atoms with Crippen molar-refractivity contribution in [3.8, 4) is 0 Å². The Morgan fingerprint density at radius 3 is 3.00 bits per heavy atom. The van der Waals surface area contributed by atoms with Gasteiger partial charge in [-0.1, -0.05) is 36.3 Å². The summed E-state index contributed by atoms with van der Waals surface area (Å²) in [6.45, 7) is 8.26. The van der Waals surface area contributed by atoms with Gasteiger partial charge in [-0.2, -0.15) is 0 Å². The molecule has 60 valence electrons. The smallest absolute Gasteiger partial charge is 0.0154 e. The average molecular weight is 148 g/mol. The van der Waals surface area contributed by atoms with Crippen LogP contribution in [0.2, 0.25) is 0 Å².